The Hall–Kier alpha value is -3.49. The fourth-order valence-corrected chi connectivity index (χ4v) is 5.14. The van der Waals surface area contributed by atoms with E-state index < -0.39 is 16.9 Å². The number of primary amides is 1. The number of amides is 1. The second kappa shape index (κ2) is 8.94. The van der Waals surface area contributed by atoms with Crippen molar-refractivity contribution in [3.05, 3.63) is 84.6 Å². The van der Waals surface area contributed by atoms with E-state index in [1.165, 1.54) is 0 Å². The van der Waals surface area contributed by atoms with E-state index in [9.17, 15) is 9.00 Å². The van der Waals surface area contributed by atoms with Crippen molar-refractivity contribution in [1.29, 1.82) is 0 Å². The predicted octanol–water partition coefficient (Wildman–Crippen LogP) is 3.02. The minimum Gasteiger partial charge on any atom is -0.399 e. The van der Waals surface area contributed by atoms with E-state index in [2.05, 4.69) is 18.3 Å². The van der Waals surface area contributed by atoms with Crippen LogP contribution in [0.15, 0.2) is 72.7 Å². The molecule has 1 aliphatic rings. The molecule has 4 N–H and O–H groups in total. The molecule has 7 nitrogen and oxygen atoms in total. The van der Waals surface area contributed by atoms with Crippen LogP contribution in [0, 0.1) is 0 Å². The Balaban J connectivity index is 1.78. The lowest BCUT2D eigenvalue weighted by Gasteiger charge is -2.20. The van der Waals surface area contributed by atoms with Gasteiger partial charge in [0.05, 0.1) is 16.3 Å². The molecule has 4 rings (SSSR count). The lowest BCUT2D eigenvalue weighted by atomic mass is 9.88. The van der Waals surface area contributed by atoms with Gasteiger partial charge >= 0.3 is 0 Å². The molecule has 1 unspecified atom stereocenters. The molecule has 1 heterocycles. The van der Waals surface area contributed by atoms with Crippen LogP contribution in [0.4, 0.5) is 5.69 Å². The van der Waals surface area contributed by atoms with Crippen molar-refractivity contribution >= 4 is 22.6 Å². The summed E-state index contributed by atoms with van der Waals surface area (Å²) in [7, 11) is -1.36. The lowest BCUT2D eigenvalue weighted by Crippen LogP contribution is -2.26. The van der Waals surface area contributed by atoms with Gasteiger partial charge in [0.25, 0.3) is 5.91 Å². The lowest BCUT2D eigenvalue weighted by molar-refractivity contribution is 0.0994. The Bertz CT molecular complexity index is 1220. The number of nitrogens with zero attached hydrogens (tertiary/aromatic N) is 3. The number of hydrogen-bond donors (Lipinski definition) is 2. The van der Waals surface area contributed by atoms with Gasteiger partial charge in [0.2, 0.25) is 0 Å². The summed E-state index contributed by atoms with van der Waals surface area (Å²) < 4.78 is 16.4. The van der Waals surface area contributed by atoms with Crippen LogP contribution >= 0.6 is 0 Å². The monoisotopic (exact) mass is 447 g/mol. The molecule has 32 heavy (non-hydrogen) atoms. The van der Waals surface area contributed by atoms with Crippen molar-refractivity contribution in [2.75, 3.05) is 18.8 Å². The Morgan fingerprint density at radius 3 is 2.44 bits per heavy atom. The van der Waals surface area contributed by atoms with Crippen LogP contribution in [0.25, 0.3) is 16.9 Å². The van der Waals surface area contributed by atoms with Gasteiger partial charge in [0.15, 0.2) is 5.69 Å². The Morgan fingerprint density at radius 1 is 1.12 bits per heavy atom. The summed E-state index contributed by atoms with van der Waals surface area (Å²) in [5.41, 5.74) is 17.1. The number of nitrogens with two attached hydrogens (primary N) is 2. The molecular weight excluding hydrogens is 422 g/mol. The average Bonchev–Trinajstić information content (AvgIpc) is 3.19. The first-order valence-electron chi connectivity index (χ1n) is 10.2. The van der Waals surface area contributed by atoms with E-state index in [-0.39, 0.29) is 5.69 Å². The topological polar surface area (TPSA) is 107 Å². The molecule has 0 saturated heterocycles. The number of aryl methyl sites for hydroxylation is 1. The maximum absolute atomic E-state index is 12.9. The van der Waals surface area contributed by atoms with Gasteiger partial charge in [0.1, 0.15) is 11.0 Å². The molecule has 0 fully saturated rings. The van der Waals surface area contributed by atoms with E-state index in [0.29, 0.717) is 30.1 Å². The highest BCUT2D eigenvalue weighted by Crippen LogP contribution is 2.38. The zero-order valence-corrected chi connectivity index (χ0v) is 18.5. The van der Waals surface area contributed by atoms with Gasteiger partial charge in [-0.3, -0.25) is 4.79 Å². The Labute approximate surface area is 189 Å². The fourth-order valence-electron chi connectivity index (χ4n) is 3.99. The number of nitrogen functional groups attached to an aromatic ring is 1. The van der Waals surface area contributed by atoms with Gasteiger partial charge in [-0.25, -0.2) is 13.2 Å². The predicted molar refractivity (Wildman–Crippen MR) is 128 cm³/mol. The second-order valence-corrected chi connectivity index (χ2v) is 9.02. The summed E-state index contributed by atoms with van der Waals surface area (Å²) in [6.45, 7) is 8.41. The number of carbonyl (C=O) groups excluding carboxylic acids is 1. The van der Waals surface area contributed by atoms with Crippen molar-refractivity contribution in [1.82, 2.24) is 14.1 Å². The summed E-state index contributed by atoms with van der Waals surface area (Å²) in [5.74, 6) is -0.561. The van der Waals surface area contributed by atoms with Crippen LogP contribution < -0.4 is 11.5 Å². The normalized spacial score (nSPS) is 13.3. The Morgan fingerprint density at radius 2 is 1.81 bits per heavy atom. The third-order valence-electron chi connectivity index (χ3n) is 5.43. The van der Waals surface area contributed by atoms with E-state index in [1.54, 1.807) is 33.3 Å². The zero-order valence-electron chi connectivity index (χ0n) is 17.7. The standard InChI is InChI=1S/C24H25N5O2S/c1-3-13-28(14-4-2)32(31)19-10-8-18(9-11-19)29-23-20(22(27-29)24(26)30)12-6-16-5-7-17(25)15-21(16)23/h3-5,7-11,15H,1-2,6,12-14,25H2,(H2,26,30). The molecule has 164 valence electrons. The number of benzene rings is 2. The third-order valence-corrected chi connectivity index (χ3v) is 6.88. The first-order valence-corrected chi connectivity index (χ1v) is 11.3. The average molecular weight is 448 g/mol. The van der Waals surface area contributed by atoms with Crippen LogP contribution in [0.3, 0.4) is 0 Å². The smallest absolute Gasteiger partial charge is 0.269 e. The Kier molecular flexibility index (Phi) is 6.07. The molecular formula is C24H25N5O2S. The van der Waals surface area contributed by atoms with E-state index in [1.807, 2.05) is 30.3 Å². The van der Waals surface area contributed by atoms with Gasteiger partial charge in [-0.15, -0.1) is 13.2 Å². The minimum atomic E-state index is -1.36. The van der Waals surface area contributed by atoms with Gasteiger partial charge in [-0.1, -0.05) is 18.2 Å². The summed E-state index contributed by atoms with van der Waals surface area (Å²) in [6.07, 6.45) is 4.88. The van der Waals surface area contributed by atoms with E-state index in [4.69, 9.17) is 11.5 Å². The van der Waals surface area contributed by atoms with Crippen LogP contribution in [0.2, 0.25) is 0 Å². The number of carbonyl (C=O) groups is 1. The summed E-state index contributed by atoms with van der Waals surface area (Å²) in [5, 5.41) is 4.55. The maximum atomic E-state index is 12.9. The second-order valence-electron chi connectivity index (χ2n) is 7.54. The molecule has 1 amide bonds. The van der Waals surface area contributed by atoms with Crippen molar-refractivity contribution in [3.63, 3.8) is 0 Å². The number of anilines is 1. The zero-order chi connectivity index (χ0) is 22.8. The fraction of sp³-hybridized carbons (Fsp3) is 0.167. The number of hydrogen-bond acceptors (Lipinski definition) is 4. The molecule has 1 atom stereocenters. The molecule has 1 aromatic heterocycles. The van der Waals surface area contributed by atoms with Crippen LogP contribution in [-0.2, 0) is 23.8 Å². The molecule has 3 aromatic rings. The van der Waals surface area contributed by atoms with Crippen LogP contribution in [0.5, 0.6) is 0 Å². The van der Waals surface area contributed by atoms with Gasteiger partial charge in [0, 0.05) is 29.9 Å². The third kappa shape index (κ3) is 3.90. The largest absolute Gasteiger partial charge is 0.399 e. The van der Waals surface area contributed by atoms with Gasteiger partial charge in [-0.05, 0) is 54.8 Å². The number of fused-ring (bicyclic) bond motifs is 3. The molecule has 1 aliphatic carbocycles. The van der Waals surface area contributed by atoms with Gasteiger partial charge in [-0.2, -0.15) is 5.10 Å². The van der Waals surface area contributed by atoms with Crippen molar-refractivity contribution in [3.8, 4) is 16.9 Å². The maximum Gasteiger partial charge on any atom is 0.269 e. The number of rotatable bonds is 8. The summed E-state index contributed by atoms with van der Waals surface area (Å²) in [6, 6.07) is 13.1. The summed E-state index contributed by atoms with van der Waals surface area (Å²) >= 11 is 0. The molecule has 0 radical (unpaired) electrons. The quantitative estimate of drug-likeness (QED) is 0.409. The molecule has 8 heteroatoms. The molecule has 2 aromatic carbocycles. The van der Waals surface area contributed by atoms with Crippen LogP contribution in [0.1, 0.15) is 21.6 Å². The minimum absolute atomic E-state index is 0.267. The first kappa shape index (κ1) is 21.7. The van der Waals surface area contributed by atoms with E-state index in [0.717, 1.165) is 34.5 Å². The highest BCUT2D eigenvalue weighted by molar-refractivity contribution is 7.82. The summed E-state index contributed by atoms with van der Waals surface area (Å²) in [4.78, 5) is 12.7. The highest BCUT2D eigenvalue weighted by atomic mass is 32.2. The number of aromatic nitrogens is 2. The SMILES string of the molecule is C=CCN(CC=C)S(=O)c1ccc(-n2nc(C(N)=O)c3c2-c2cc(N)ccc2CC3)cc1. The molecule has 0 saturated carbocycles. The van der Waals surface area contributed by atoms with E-state index >= 15 is 0 Å². The molecule has 0 aliphatic heterocycles. The van der Waals surface area contributed by atoms with Crippen molar-refractivity contribution < 1.29 is 9.00 Å². The molecule has 0 bridgehead atoms. The van der Waals surface area contributed by atoms with Gasteiger partial charge < -0.3 is 11.5 Å². The highest BCUT2D eigenvalue weighted by Gasteiger charge is 2.28. The first-order chi connectivity index (χ1) is 15.4. The van der Waals surface area contributed by atoms with Crippen molar-refractivity contribution in [2.45, 2.75) is 17.7 Å². The van der Waals surface area contributed by atoms with Crippen molar-refractivity contribution in [2.24, 2.45) is 5.73 Å². The van der Waals surface area contributed by atoms with Crippen LogP contribution in [-0.4, -0.2) is 37.3 Å². The molecule has 0 spiro atoms.